The molecule has 2 heterocycles. The van der Waals surface area contributed by atoms with Crippen LogP contribution in [0.25, 0.3) is 11.5 Å². The Balaban J connectivity index is 1.60. The molecule has 4 rings (SSSR count). The van der Waals surface area contributed by atoms with Crippen molar-refractivity contribution in [2.75, 3.05) is 18.6 Å². The number of hydrogen-bond acceptors (Lipinski definition) is 6. The Morgan fingerprint density at radius 1 is 1.23 bits per heavy atom. The zero-order valence-corrected chi connectivity index (χ0v) is 14.5. The van der Waals surface area contributed by atoms with Crippen LogP contribution in [0.5, 0.6) is 11.5 Å². The molecule has 1 aromatic heterocycles. The van der Waals surface area contributed by atoms with Gasteiger partial charge in [0.05, 0.1) is 31.5 Å². The normalized spacial score (nSPS) is 16.1. The SMILES string of the molecule is COc1ccccc1-c1nnc(CN2C[C@H](C)Oc3cc(F)ccc32)o1. The number of ether oxygens (including phenoxy) is 2. The smallest absolute Gasteiger partial charge is 0.251 e. The van der Waals surface area contributed by atoms with E-state index >= 15 is 0 Å². The van der Waals surface area contributed by atoms with Crippen LogP contribution in [0, 0.1) is 5.82 Å². The fourth-order valence-corrected chi connectivity index (χ4v) is 3.07. The van der Waals surface area contributed by atoms with E-state index in [-0.39, 0.29) is 11.9 Å². The third-order valence-electron chi connectivity index (χ3n) is 4.20. The van der Waals surface area contributed by atoms with Gasteiger partial charge in [-0.15, -0.1) is 10.2 Å². The summed E-state index contributed by atoms with van der Waals surface area (Å²) in [6.07, 6.45) is -0.0686. The molecule has 0 saturated heterocycles. The van der Waals surface area contributed by atoms with Crippen LogP contribution in [-0.2, 0) is 6.54 Å². The van der Waals surface area contributed by atoms with Gasteiger partial charge < -0.3 is 18.8 Å². The van der Waals surface area contributed by atoms with Crippen molar-refractivity contribution in [1.82, 2.24) is 10.2 Å². The van der Waals surface area contributed by atoms with Crippen molar-refractivity contribution in [2.45, 2.75) is 19.6 Å². The second kappa shape index (κ2) is 6.67. The number of anilines is 1. The number of halogens is 1. The maximum Gasteiger partial charge on any atom is 0.251 e. The Bertz CT molecular complexity index is 928. The van der Waals surface area contributed by atoms with Gasteiger partial charge in [0.25, 0.3) is 5.89 Å². The van der Waals surface area contributed by atoms with Gasteiger partial charge in [-0.3, -0.25) is 0 Å². The molecular formula is C19H18FN3O3. The van der Waals surface area contributed by atoms with Gasteiger partial charge in [0, 0.05) is 6.07 Å². The summed E-state index contributed by atoms with van der Waals surface area (Å²) in [5.41, 5.74) is 1.55. The van der Waals surface area contributed by atoms with E-state index in [4.69, 9.17) is 13.9 Å². The third-order valence-corrected chi connectivity index (χ3v) is 4.20. The molecule has 0 bridgehead atoms. The molecular weight excluding hydrogens is 337 g/mol. The molecule has 134 valence electrons. The van der Waals surface area contributed by atoms with Crippen LogP contribution in [-0.4, -0.2) is 30.0 Å². The largest absolute Gasteiger partial charge is 0.496 e. The van der Waals surface area contributed by atoms with Crippen LogP contribution >= 0.6 is 0 Å². The molecule has 0 fully saturated rings. The topological polar surface area (TPSA) is 60.6 Å². The summed E-state index contributed by atoms with van der Waals surface area (Å²) in [5, 5.41) is 8.28. The summed E-state index contributed by atoms with van der Waals surface area (Å²) in [6, 6.07) is 12.0. The third kappa shape index (κ3) is 3.08. The van der Waals surface area contributed by atoms with Crippen LogP contribution in [0.3, 0.4) is 0 Å². The minimum atomic E-state index is -0.325. The first kappa shape index (κ1) is 16.4. The standard InChI is InChI=1S/C19H18FN3O3/c1-12-10-23(15-8-7-13(20)9-17(15)25-12)11-18-21-22-19(26-18)14-5-3-4-6-16(14)24-2/h3-9,12H,10-11H2,1-2H3/t12-/m0/s1. The number of nitrogens with zero attached hydrogens (tertiary/aromatic N) is 3. The molecule has 26 heavy (non-hydrogen) atoms. The van der Waals surface area contributed by atoms with Crippen LogP contribution in [0.1, 0.15) is 12.8 Å². The molecule has 0 saturated carbocycles. The Hall–Kier alpha value is -3.09. The minimum absolute atomic E-state index is 0.0686. The van der Waals surface area contributed by atoms with Crippen molar-refractivity contribution in [3.8, 4) is 23.0 Å². The molecule has 0 radical (unpaired) electrons. The fourth-order valence-electron chi connectivity index (χ4n) is 3.07. The van der Waals surface area contributed by atoms with Gasteiger partial charge in [-0.25, -0.2) is 4.39 Å². The molecule has 0 aliphatic carbocycles. The lowest BCUT2D eigenvalue weighted by Gasteiger charge is -2.34. The van der Waals surface area contributed by atoms with Crippen molar-refractivity contribution in [3.63, 3.8) is 0 Å². The van der Waals surface area contributed by atoms with E-state index in [9.17, 15) is 4.39 Å². The highest BCUT2D eigenvalue weighted by molar-refractivity contribution is 5.62. The first-order valence-electron chi connectivity index (χ1n) is 8.31. The lowest BCUT2D eigenvalue weighted by atomic mass is 10.2. The van der Waals surface area contributed by atoms with Gasteiger partial charge in [-0.05, 0) is 31.2 Å². The summed E-state index contributed by atoms with van der Waals surface area (Å²) in [7, 11) is 1.60. The van der Waals surface area contributed by atoms with Crippen molar-refractivity contribution in [2.24, 2.45) is 0 Å². The highest BCUT2D eigenvalue weighted by atomic mass is 19.1. The summed E-state index contributed by atoms with van der Waals surface area (Å²) in [5.74, 6) is 1.74. The van der Waals surface area contributed by atoms with E-state index in [0.717, 1.165) is 11.3 Å². The number of rotatable bonds is 4. The van der Waals surface area contributed by atoms with Gasteiger partial charge in [-0.1, -0.05) is 12.1 Å². The maximum absolute atomic E-state index is 13.5. The predicted octanol–water partition coefficient (Wildman–Crippen LogP) is 3.67. The van der Waals surface area contributed by atoms with Crippen LogP contribution in [0.15, 0.2) is 46.9 Å². The summed E-state index contributed by atoms with van der Waals surface area (Å²) in [4.78, 5) is 2.04. The Morgan fingerprint density at radius 2 is 2.08 bits per heavy atom. The quantitative estimate of drug-likeness (QED) is 0.712. The van der Waals surface area contributed by atoms with Gasteiger partial charge >= 0.3 is 0 Å². The van der Waals surface area contributed by atoms with Gasteiger partial charge in [0.2, 0.25) is 5.89 Å². The highest BCUT2D eigenvalue weighted by Crippen LogP contribution is 2.35. The molecule has 7 heteroatoms. The Kier molecular flexibility index (Phi) is 4.20. The first-order valence-corrected chi connectivity index (χ1v) is 8.31. The number of aromatic nitrogens is 2. The highest BCUT2D eigenvalue weighted by Gasteiger charge is 2.25. The van der Waals surface area contributed by atoms with Crippen molar-refractivity contribution < 1.29 is 18.3 Å². The van der Waals surface area contributed by atoms with Crippen LogP contribution < -0.4 is 14.4 Å². The van der Waals surface area contributed by atoms with Crippen LogP contribution in [0.4, 0.5) is 10.1 Å². The number of para-hydroxylation sites is 1. The molecule has 1 aliphatic rings. The molecule has 6 nitrogen and oxygen atoms in total. The maximum atomic E-state index is 13.5. The molecule has 1 aliphatic heterocycles. The number of fused-ring (bicyclic) bond motifs is 1. The van der Waals surface area contributed by atoms with Gasteiger partial charge in [0.1, 0.15) is 23.4 Å². The average molecular weight is 355 g/mol. The number of methoxy groups -OCH3 is 1. The van der Waals surface area contributed by atoms with Crippen molar-refractivity contribution >= 4 is 5.69 Å². The van der Waals surface area contributed by atoms with E-state index in [0.29, 0.717) is 36.4 Å². The Labute approximate surface area is 150 Å². The molecule has 1 atom stereocenters. The monoisotopic (exact) mass is 355 g/mol. The van der Waals surface area contributed by atoms with Crippen molar-refractivity contribution in [1.29, 1.82) is 0 Å². The molecule has 0 amide bonds. The summed E-state index contributed by atoms with van der Waals surface area (Å²) < 4.78 is 30.4. The fraction of sp³-hybridized carbons (Fsp3) is 0.263. The predicted molar refractivity (Wildman–Crippen MR) is 93.8 cm³/mol. The summed E-state index contributed by atoms with van der Waals surface area (Å²) in [6.45, 7) is 2.99. The lowest BCUT2D eigenvalue weighted by Crippen LogP contribution is -2.38. The second-order valence-corrected chi connectivity index (χ2v) is 6.12. The zero-order valence-electron chi connectivity index (χ0n) is 14.5. The van der Waals surface area contributed by atoms with Gasteiger partial charge in [-0.2, -0.15) is 0 Å². The Morgan fingerprint density at radius 3 is 2.92 bits per heavy atom. The zero-order chi connectivity index (χ0) is 18.1. The van der Waals surface area contributed by atoms with E-state index in [1.165, 1.54) is 12.1 Å². The van der Waals surface area contributed by atoms with Crippen molar-refractivity contribution in [3.05, 3.63) is 54.2 Å². The molecule has 0 N–H and O–H groups in total. The number of benzene rings is 2. The van der Waals surface area contributed by atoms with Crippen LogP contribution in [0.2, 0.25) is 0 Å². The van der Waals surface area contributed by atoms with E-state index in [1.807, 2.05) is 36.1 Å². The number of hydrogen-bond donors (Lipinski definition) is 0. The second-order valence-electron chi connectivity index (χ2n) is 6.12. The molecule has 3 aromatic rings. The summed E-state index contributed by atoms with van der Waals surface area (Å²) >= 11 is 0. The van der Waals surface area contributed by atoms with Gasteiger partial charge in [0.15, 0.2) is 0 Å². The first-order chi connectivity index (χ1) is 12.6. The molecule has 0 unspecified atom stereocenters. The average Bonchev–Trinajstić information content (AvgIpc) is 3.09. The van der Waals surface area contributed by atoms with E-state index in [1.54, 1.807) is 13.2 Å². The lowest BCUT2D eigenvalue weighted by molar-refractivity contribution is 0.210. The molecule has 2 aromatic carbocycles. The van der Waals surface area contributed by atoms with E-state index in [2.05, 4.69) is 10.2 Å². The van der Waals surface area contributed by atoms with E-state index < -0.39 is 0 Å². The molecule has 0 spiro atoms. The minimum Gasteiger partial charge on any atom is -0.496 e.